The first-order valence-corrected chi connectivity index (χ1v) is 7.89. The molecule has 0 heterocycles. The molecule has 0 fully saturated rings. The van der Waals surface area contributed by atoms with Crippen LogP contribution in [-0.4, -0.2) is 8.42 Å². The molecule has 6 heteroatoms. The van der Waals surface area contributed by atoms with Gasteiger partial charge in [0.2, 0.25) is 10.0 Å². The Hall–Kier alpha value is -1.92. The van der Waals surface area contributed by atoms with E-state index in [2.05, 4.69) is 4.72 Å². The molecule has 0 aromatic heterocycles. The highest BCUT2D eigenvalue weighted by molar-refractivity contribution is 7.89. The molecule has 3 N–H and O–H groups in total. The summed E-state index contributed by atoms with van der Waals surface area (Å²) in [6, 6.07) is 9.12. The summed E-state index contributed by atoms with van der Waals surface area (Å²) in [6.45, 7) is 3.54. The summed E-state index contributed by atoms with van der Waals surface area (Å²) < 4.78 is 40.3. The lowest BCUT2D eigenvalue weighted by atomic mass is 10.1. The van der Waals surface area contributed by atoms with Crippen LogP contribution in [0.15, 0.2) is 41.3 Å². The summed E-state index contributed by atoms with van der Waals surface area (Å²) in [6.07, 6.45) is 0. The van der Waals surface area contributed by atoms with Gasteiger partial charge in [0.25, 0.3) is 0 Å². The summed E-state index contributed by atoms with van der Waals surface area (Å²) in [7, 11) is -3.75. The molecular formula is C15H17FN2O2S. The second-order valence-corrected chi connectivity index (χ2v) is 6.58. The minimum atomic E-state index is -3.75. The van der Waals surface area contributed by atoms with Crippen molar-refractivity contribution < 1.29 is 12.8 Å². The number of hydrogen-bond donors (Lipinski definition) is 2. The van der Waals surface area contributed by atoms with E-state index in [-0.39, 0.29) is 17.1 Å². The van der Waals surface area contributed by atoms with E-state index in [4.69, 9.17) is 5.73 Å². The van der Waals surface area contributed by atoms with Crippen molar-refractivity contribution in [3.63, 3.8) is 0 Å². The van der Waals surface area contributed by atoms with Crippen molar-refractivity contribution in [1.29, 1.82) is 0 Å². The molecule has 2 aromatic rings. The average Bonchev–Trinajstić information content (AvgIpc) is 2.41. The van der Waals surface area contributed by atoms with Crippen molar-refractivity contribution in [3.8, 4) is 0 Å². The number of aryl methyl sites for hydroxylation is 1. The van der Waals surface area contributed by atoms with Gasteiger partial charge in [-0.25, -0.2) is 17.5 Å². The lowest BCUT2D eigenvalue weighted by Crippen LogP contribution is -2.25. The highest BCUT2D eigenvalue weighted by Crippen LogP contribution is 2.25. The molecule has 0 saturated heterocycles. The van der Waals surface area contributed by atoms with Crippen LogP contribution in [0.1, 0.15) is 16.7 Å². The van der Waals surface area contributed by atoms with Gasteiger partial charge in [-0.05, 0) is 48.7 Å². The predicted octanol–water partition coefficient (Wildman–Crippen LogP) is 2.50. The lowest BCUT2D eigenvalue weighted by Gasteiger charge is -2.13. The minimum absolute atomic E-state index is 0.00686. The standard InChI is InChI=1S/C15H17FN2O2S/c1-10-6-7-14(17)15(11(10)2)21(19,20)18-9-12-4-3-5-13(16)8-12/h3-8,18H,9,17H2,1-2H3. The monoisotopic (exact) mass is 308 g/mol. The van der Waals surface area contributed by atoms with E-state index in [9.17, 15) is 12.8 Å². The molecule has 2 aromatic carbocycles. The molecule has 0 bridgehead atoms. The second kappa shape index (κ2) is 5.83. The summed E-state index contributed by atoms with van der Waals surface area (Å²) in [4.78, 5) is 0.0823. The minimum Gasteiger partial charge on any atom is -0.398 e. The fourth-order valence-corrected chi connectivity index (χ4v) is 3.51. The average molecular weight is 308 g/mol. The molecule has 21 heavy (non-hydrogen) atoms. The van der Waals surface area contributed by atoms with E-state index in [1.54, 1.807) is 25.1 Å². The number of rotatable bonds is 4. The Balaban J connectivity index is 2.29. The second-order valence-electron chi connectivity index (χ2n) is 4.88. The van der Waals surface area contributed by atoms with E-state index < -0.39 is 15.8 Å². The van der Waals surface area contributed by atoms with Crippen molar-refractivity contribution in [2.75, 3.05) is 5.73 Å². The fraction of sp³-hybridized carbons (Fsp3) is 0.200. The van der Waals surface area contributed by atoms with Crippen LogP contribution in [0.5, 0.6) is 0 Å². The normalized spacial score (nSPS) is 11.6. The summed E-state index contributed by atoms with van der Waals surface area (Å²) in [5.41, 5.74) is 7.99. The molecule has 0 radical (unpaired) electrons. The van der Waals surface area contributed by atoms with Crippen LogP contribution >= 0.6 is 0 Å². The van der Waals surface area contributed by atoms with Gasteiger partial charge < -0.3 is 5.73 Å². The molecule has 0 spiro atoms. The van der Waals surface area contributed by atoms with Gasteiger partial charge in [-0.1, -0.05) is 18.2 Å². The van der Waals surface area contributed by atoms with Gasteiger partial charge in [-0.3, -0.25) is 0 Å². The van der Waals surface area contributed by atoms with Crippen LogP contribution in [0, 0.1) is 19.7 Å². The third-order valence-corrected chi connectivity index (χ3v) is 4.93. The Bertz CT molecular complexity index is 773. The van der Waals surface area contributed by atoms with Gasteiger partial charge in [-0.15, -0.1) is 0 Å². The Morgan fingerprint density at radius 1 is 1.19 bits per heavy atom. The van der Waals surface area contributed by atoms with Crippen LogP contribution in [0.2, 0.25) is 0 Å². The maximum Gasteiger partial charge on any atom is 0.243 e. The topological polar surface area (TPSA) is 72.2 Å². The number of benzene rings is 2. The maximum absolute atomic E-state index is 13.1. The van der Waals surface area contributed by atoms with Gasteiger partial charge >= 0.3 is 0 Å². The number of halogens is 1. The molecule has 0 aliphatic rings. The Labute approximate surface area is 123 Å². The van der Waals surface area contributed by atoms with Crippen molar-refractivity contribution in [2.24, 2.45) is 0 Å². The van der Waals surface area contributed by atoms with E-state index >= 15 is 0 Å². The third kappa shape index (κ3) is 3.40. The first-order chi connectivity index (χ1) is 9.81. The van der Waals surface area contributed by atoms with Crippen LogP contribution in [-0.2, 0) is 16.6 Å². The Morgan fingerprint density at radius 2 is 1.90 bits per heavy atom. The molecule has 4 nitrogen and oxygen atoms in total. The van der Waals surface area contributed by atoms with Gasteiger partial charge in [-0.2, -0.15) is 0 Å². The van der Waals surface area contributed by atoms with Crippen LogP contribution in [0.3, 0.4) is 0 Å². The zero-order chi connectivity index (χ0) is 15.6. The van der Waals surface area contributed by atoms with Crippen molar-refractivity contribution >= 4 is 15.7 Å². The number of nitrogens with one attached hydrogen (secondary N) is 1. The smallest absolute Gasteiger partial charge is 0.243 e. The summed E-state index contributed by atoms with van der Waals surface area (Å²) in [5.74, 6) is -0.405. The zero-order valence-electron chi connectivity index (χ0n) is 11.9. The van der Waals surface area contributed by atoms with Gasteiger partial charge in [0.1, 0.15) is 10.7 Å². The van der Waals surface area contributed by atoms with Crippen LogP contribution in [0.4, 0.5) is 10.1 Å². The van der Waals surface area contributed by atoms with Crippen LogP contribution < -0.4 is 10.5 Å². The van der Waals surface area contributed by atoms with Gasteiger partial charge in [0, 0.05) is 6.54 Å². The van der Waals surface area contributed by atoms with Crippen molar-refractivity contribution in [1.82, 2.24) is 4.72 Å². The molecular weight excluding hydrogens is 291 g/mol. The molecule has 0 aliphatic carbocycles. The highest BCUT2D eigenvalue weighted by Gasteiger charge is 2.20. The molecule has 0 atom stereocenters. The Morgan fingerprint density at radius 3 is 2.57 bits per heavy atom. The SMILES string of the molecule is Cc1ccc(N)c(S(=O)(=O)NCc2cccc(F)c2)c1C. The van der Waals surface area contributed by atoms with Gasteiger partial charge in [0.05, 0.1) is 5.69 Å². The van der Waals surface area contributed by atoms with E-state index in [0.29, 0.717) is 11.1 Å². The van der Waals surface area contributed by atoms with E-state index in [1.807, 2.05) is 6.92 Å². The fourth-order valence-electron chi connectivity index (χ4n) is 2.07. The first kappa shape index (κ1) is 15.5. The quantitative estimate of drug-likeness (QED) is 0.852. The number of nitrogens with two attached hydrogens (primary N) is 1. The highest BCUT2D eigenvalue weighted by atomic mass is 32.2. The summed E-state index contributed by atoms with van der Waals surface area (Å²) >= 11 is 0. The number of hydrogen-bond acceptors (Lipinski definition) is 3. The van der Waals surface area contributed by atoms with E-state index in [0.717, 1.165) is 5.56 Å². The molecule has 2 rings (SSSR count). The molecule has 112 valence electrons. The molecule has 0 saturated carbocycles. The van der Waals surface area contributed by atoms with Crippen molar-refractivity contribution in [2.45, 2.75) is 25.3 Å². The zero-order valence-corrected chi connectivity index (χ0v) is 12.7. The Kier molecular flexibility index (Phi) is 4.29. The number of nitrogen functional groups attached to an aromatic ring is 1. The van der Waals surface area contributed by atoms with Gasteiger partial charge in [0.15, 0.2) is 0 Å². The summed E-state index contributed by atoms with van der Waals surface area (Å²) in [5, 5.41) is 0. The number of anilines is 1. The molecule has 0 amide bonds. The lowest BCUT2D eigenvalue weighted by molar-refractivity contribution is 0.580. The predicted molar refractivity (Wildman–Crippen MR) is 80.8 cm³/mol. The largest absolute Gasteiger partial charge is 0.398 e. The maximum atomic E-state index is 13.1. The third-order valence-electron chi connectivity index (χ3n) is 3.33. The van der Waals surface area contributed by atoms with Crippen LogP contribution in [0.25, 0.3) is 0 Å². The van der Waals surface area contributed by atoms with Crippen molar-refractivity contribution in [3.05, 3.63) is 58.9 Å². The molecule has 0 unspecified atom stereocenters. The first-order valence-electron chi connectivity index (χ1n) is 6.41. The van der Waals surface area contributed by atoms with E-state index in [1.165, 1.54) is 18.2 Å². The number of sulfonamides is 1. The molecule has 0 aliphatic heterocycles.